The van der Waals surface area contributed by atoms with E-state index in [2.05, 4.69) is 15.0 Å². The number of hydrogen-bond acceptors (Lipinski definition) is 9. The Labute approximate surface area is 186 Å². The number of nitrogens with one attached hydrogen (secondary N) is 1. The number of aliphatic hydroxyl groups is 1. The second-order valence-electron chi connectivity index (χ2n) is 8.99. The lowest BCUT2D eigenvalue weighted by Crippen LogP contribution is -2.39. The molecule has 0 aliphatic rings. The van der Waals surface area contributed by atoms with Crippen LogP contribution < -0.4 is 11.3 Å². The van der Waals surface area contributed by atoms with Gasteiger partial charge in [-0.05, 0) is 18.3 Å². The van der Waals surface area contributed by atoms with E-state index in [1.165, 1.54) is 6.33 Å². The highest BCUT2D eigenvalue weighted by molar-refractivity contribution is 5.71. The van der Waals surface area contributed by atoms with Crippen molar-refractivity contribution in [2.75, 3.05) is 25.6 Å². The van der Waals surface area contributed by atoms with Crippen LogP contribution in [-0.4, -0.2) is 56.4 Å². The number of carbonyl (C=O) groups excluding carboxylic acids is 2. The molecule has 2 heterocycles. The highest BCUT2D eigenvalue weighted by Crippen LogP contribution is 2.26. The summed E-state index contributed by atoms with van der Waals surface area (Å²) in [5.74, 6) is -0.563. The minimum absolute atomic E-state index is 0.0390. The molecule has 0 spiro atoms. The molecule has 0 unspecified atom stereocenters. The molecule has 0 aliphatic carbocycles. The van der Waals surface area contributed by atoms with Crippen molar-refractivity contribution in [3.63, 3.8) is 0 Å². The molecule has 4 N–H and O–H groups in total. The Balaban J connectivity index is 2.19. The number of nitrogen functional groups attached to an aromatic ring is 1. The molecule has 2 aromatic heterocycles. The van der Waals surface area contributed by atoms with E-state index in [9.17, 15) is 19.5 Å². The van der Waals surface area contributed by atoms with Crippen molar-refractivity contribution in [2.24, 2.45) is 17.3 Å². The van der Waals surface area contributed by atoms with Crippen LogP contribution in [0.25, 0.3) is 11.2 Å². The van der Waals surface area contributed by atoms with Crippen LogP contribution in [0, 0.1) is 17.3 Å². The summed E-state index contributed by atoms with van der Waals surface area (Å²) in [6, 6.07) is 0. The molecule has 2 aromatic rings. The van der Waals surface area contributed by atoms with E-state index in [1.807, 2.05) is 27.7 Å². The first-order valence-electron chi connectivity index (χ1n) is 10.7. The zero-order valence-electron chi connectivity index (χ0n) is 19.1. The molecule has 0 aliphatic heterocycles. The molecule has 0 fully saturated rings. The second kappa shape index (κ2) is 11.1. The Hall–Kier alpha value is -2.95. The first kappa shape index (κ1) is 25.3. The average molecular weight is 452 g/mol. The van der Waals surface area contributed by atoms with Gasteiger partial charge in [0.2, 0.25) is 5.95 Å². The van der Waals surface area contributed by atoms with Crippen LogP contribution in [0.5, 0.6) is 0 Å². The van der Waals surface area contributed by atoms with Crippen LogP contribution >= 0.6 is 0 Å². The fraction of sp³-hybridized carbons (Fsp3) is 0.667. The van der Waals surface area contributed by atoms with Crippen LogP contribution in [0.3, 0.4) is 0 Å². The van der Waals surface area contributed by atoms with Crippen molar-refractivity contribution in [1.82, 2.24) is 19.5 Å². The van der Waals surface area contributed by atoms with Gasteiger partial charge in [-0.25, -0.2) is 4.98 Å². The summed E-state index contributed by atoms with van der Waals surface area (Å²) < 4.78 is 12.4. The maximum atomic E-state index is 12.1. The van der Waals surface area contributed by atoms with Gasteiger partial charge in [0.1, 0.15) is 13.2 Å². The number of aromatic amines is 1. The van der Waals surface area contributed by atoms with Gasteiger partial charge in [0.05, 0.1) is 18.3 Å². The number of nitrogens with two attached hydrogens (primary N) is 1. The number of ether oxygens (including phenoxy) is 2. The largest absolute Gasteiger partial charge is 0.465 e. The predicted molar refractivity (Wildman–Crippen MR) is 118 cm³/mol. The molecule has 32 heavy (non-hydrogen) atoms. The van der Waals surface area contributed by atoms with Crippen molar-refractivity contribution in [3.05, 3.63) is 16.7 Å². The first-order chi connectivity index (χ1) is 15.0. The zero-order chi connectivity index (χ0) is 23.9. The zero-order valence-corrected chi connectivity index (χ0v) is 19.1. The van der Waals surface area contributed by atoms with Gasteiger partial charge in [0.15, 0.2) is 11.2 Å². The van der Waals surface area contributed by atoms with Crippen molar-refractivity contribution in [3.8, 4) is 0 Å². The third-order valence-electron chi connectivity index (χ3n) is 4.94. The lowest BCUT2D eigenvalue weighted by Gasteiger charge is -2.31. The molecule has 0 saturated heterocycles. The summed E-state index contributed by atoms with van der Waals surface area (Å²) in [7, 11) is 0. The molecule has 0 aromatic carbocycles. The average Bonchev–Trinajstić information content (AvgIpc) is 3.10. The number of rotatable bonds is 12. The summed E-state index contributed by atoms with van der Waals surface area (Å²) in [6.07, 6.45) is 2.21. The first-order valence-corrected chi connectivity index (χ1v) is 10.7. The Kier molecular flexibility index (Phi) is 8.76. The van der Waals surface area contributed by atoms with Crippen molar-refractivity contribution < 1.29 is 24.2 Å². The SMILES string of the molecule is CC(C)CC(=O)OCC(CO)(CCn1cnc2c(=O)[nH]c(N)nc21)COC(=O)CC(C)C. The molecular weight excluding hydrogens is 418 g/mol. The molecule has 11 nitrogen and oxygen atoms in total. The number of carbonyl (C=O) groups is 2. The monoisotopic (exact) mass is 451 g/mol. The molecule has 0 amide bonds. The van der Waals surface area contributed by atoms with Crippen molar-refractivity contribution in [2.45, 2.75) is 53.5 Å². The predicted octanol–water partition coefficient (Wildman–Crippen LogP) is 1.25. The van der Waals surface area contributed by atoms with Crippen molar-refractivity contribution >= 4 is 29.1 Å². The molecule has 0 radical (unpaired) electrons. The molecule has 11 heteroatoms. The van der Waals surface area contributed by atoms with E-state index in [0.29, 0.717) is 5.65 Å². The van der Waals surface area contributed by atoms with E-state index < -0.39 is 11.0 Å². The molecule has 178 valence electrons. The second-order valence-corrected chi connectivity index (χ2v) is 8.99. The lowest BCUT2D eigenvalue weighted by atomic mass is 9.87. The summed E-state index contributed by atoms with van der Waals surface area (Å²) in [6.45, 7) is 7.27. The van der Waals surface area contributed by atoms with Gasteiger partial charge >= 0.3 is 11.9 Å². The summed E-state index contributed by atoms with van der Waals surface area (Å²) in [4.78, 5) is 46.8. The molecule has 2 rings (SSSR count). The fourth-order valence-corrected chi connectivity index (χ4v) is 3.10. The van der Waals surface area contributed by atoms with Crippen LogP contribution in [-0.2, 0) is 25.6 Å². The smallest absolute Gasteiger partial charge is 0.306 e. The summed E-state index contributed by atoms with van der Waals surface area (Å²) in [5, 5.41) is 10.2. The van der Waals surface area contributed by atoms with Gasteiger partial charge < -0.3 is 24.9 Å². The fourth-order valence-electron chi connectivity index (χ4n) is 3.10. The molecular formula is C21H33N5O6. The lowest BCUT2D eigenvalue weighted by molar-refractivity contribution is -0.157. The number of H-pyrrole nitrogens is 1. The number of anilines is 1. The van der Waals surface area contributed by atoms with Gasteiger partial charge in [-0.15, -0.1) is 0 Å². The highest BCUT2D eigenvalue weighted by atomic mass is 16.5. The highest BCUT2D eigenvalue weighted by Gasteiger charge is 2.34. The topological polar surface area (TPSA) is 162 Å². The van der Waals surface area contributed by atoms with Crippen LogP contribution in [0.4, 0.5) is 5.95 Å². The minimum atomic E-state index is -1.03. The third-order valence-corrected chi connectivity index (χ3v) is 4.94. The summed E-state index contributed by atoms with van der Waals surface area (Å²) in [5.41, 5.74) is 4.60. The van der Waals surface area contributed by atoms with E-state index >= 15 is 0 Å². The van der Waals surface area contributed by atoms with E-state index in [-0.39, 0.29) is 80.9 Å². The number of esters is 2. The minimum Gasteiger partial charge on any atom is -0.465 e. The number of aromatic nitrogens is 4. The third kappa shape index (κ3) is 7.04. The van der Waals surface area contributed by atoms with Crippen LogP contribution in [0.15, 0.2) is 11.1 Å². The Morgan fingerprint density at radius 3 is 2.22 bits per heavy atom. The molecule has 0 atom stereocenters. The summed E-state index contributed by atoms with van der Waals surface area (Å²) >= 11 is 0. The van der Waals surface area contributed by atoms with Crippen molar-refractivity contribution in [1.29, 1.82) is 0 Å². The van der Waals surface area contributed by atoms with E-state index in [0.717, 1.165) is 0 Å². The number of aryl methyl sites for hydroxylation is 1. The standard InChI is InChI=1S/C21H33N5O6/c1-13(2)7-15(28)31-10-21(9-27,11-32-16(29)8-14(3)4)5-6-26-12-23-17-18(26)24-20(22)25-19(17)30/h12-14,27H,5-11H2,1-4H3,(H3,22,24,25,30). The number of fused-ring (bicyclic) bond motifs is 1. The number of imidazole rings is 1. The maximum Gasteiger partial charge on any atom is 0.306 e. The normalized spacial score (nSPS) is 12.0. The molecule has 0 saturated carbocycles. The quantitative estimate of drug-likeness (QED) is 0.403. The van der Waals surface area contributed by atoms with Crippen LogP contribution in [0.2, 0.25) is 0 Å². The van der Waals surface area contributed by atoms with Gasteiger partial charge in [0, 0.05) is 19.4 Å². The van der Waals surface area contributed by atoms with Gasteiger partial charge in [-0.1, -0.05) is 27.7 Å². The number of nitrogens with zero attached hydrogens (tertiary/aromatic N) is 3. The Bertz CT molecular complexity index is 955. The Morgan fingerprint density at radius 1 is 1.16 bits per heavy atom. The Morgan fingerprint density at radius 2 is 1.72 bits per heavy atom. The number of aliphatic hydroxyl groups excluding tert-OH is 1. The van der Waals surface area contributed by atoms with Gasteiger partial charge in [0.25, 0.3) is 5.56 Å². The van der Waals surface area contributed by atoms with Crippen LogP contribution in [0.1, 0.15) is 47.0 Å². The van der Waals surface area contributed by atoms with E-state index in [4.69, 9.17) is 15.2 Å². The van der Waals surface area contributed by atoms with Gasteiger partial charge in [-0.3, -0.25) is 19.4 Å². The molecule has 0 bridgehead atoms. The number of hydrogen-bond donors (Lipinski definition) is 3. The maximum absolute atomic E-state index is 12.1. The van der Waals surface area contributed by atoms with E-state index in [1.54, 1.807) is 4.57 Å². The van der Waals surface area contributed by atoms with Gasteiger partial charge in [-0.2, -0.15) is 4.98 Å².